The van der Waals surface area contributed by atoms with Crippen molar-refractivity contribution in [2.75, 3.05) is 6.61 Å². The standard InChI is InChI=1S/C25H28BrN3O5S/c1-6-33-21-12-18(13-22-24(30)28(16(4)5)25(35-22)27-15(2)3)11-20(26)23(21)34-14-17-8-7-9-19(10-17)29(31)32/h7-13,15-16H,6,14H2,1-5H3/b22-13+,27-25?. The molecule has 0 N–H and O–H groups in total. The van der Waals surface area contributed by atoms with E-state index in [1.165, 1.54) is 23.9 Å². The number of aliphatic imine (C=N–C) groups is 1. The van der Waals surface area contributed by atoms with Gasteiger partial charge in [-0.1, -0.05) is 12.1 Å². The highest BCUT2D eigenvalue weighted by Gasteiger charge is 2.35. The van der Waals surface area contributed by atoms with Crippen molar-refractivity contribution < 1.29 is 19.2 Å². The fourth-order valence-electron chi connectivity index (χ4n) is 3.39. The first-order chi connectivity index (χ1) is 16.6. The van der Waals surface area contributed by atoms with E-state index in [2.05, 4.69) is 20.9 Å². The number of nitrogens with zero attached hydrogens (tertiary/aromatic N) is 3. The Kier molecular flexibility index (Phi) is 8.96. The minimum Gasteiger partial charge on any atom is -0.490 e. The number of amidine groups is 1. The average Bonchev–Trinajstić information content (AvgIpc) is 3.07. The Morgan fingerprint density at radius 2 is 1.94 bits per heavy atom. The van der Waals surface area contributed by atoms with Crippen molar-refractivity contribution >= 4 is 50.5 Å². The Morgan fingerprint density at radius 3 is 2.57 bits per heavy atom. The van der Waals surface area contributed by atoms with E-state index in [0.717, 1.165) is 5.56 Å². The van der Waals surface area contributed by atoms with E-state index < -0.39 is 4.92 Å². The Labute approximate surface area is 217 Å². The van der Waals surface area contributed by atoms with Crippen LogP contribution in [-0.4, -0.2) is 39.6 Å². The molecule has 1 fully saturated rings. The van der Waals surface area contributed by atoms with Gasteiger partial charge < -0.3 is 9.47 Å². The number of amides is 1. The highest BCUT2D eigenvalue weighted by Crippen LogP contribution is 2.40. The maximum absolute atomic E-state index is 13.1. The molecule has 1 heterocycles. The van der Waals surface area contributed by atoms with Crippen LogP contribution in [0.15, 0.2) is 50.8 Å². The zero-order chi connectivity index (χ0) is 25.7. The molecule has 0 bridgehead atoms. The van der Waals surface area contributed by atoms with Gasteiger partial charge in [0.2, 0.25) is 0 Å². The number of rotatable bonds is 9. The average molecular weight is 562 g/mol. The normalized spacial score (nSPS) is 16.1. The van der Waals surface area contributed by atoms with E-state index in [1.54, 1.807) is 17.0 Å². The predicted octanol–water partition coefficient (Wildman–Crippen LogP) is 6.42. The highest BCUT2D eigenvalue weighted by molar-refractivity contribution is 9.10. The molecule has 35 heavy (non-hydrogen) atoms. The summed E-state index contributed by atoms with van der Waals surface area (Å²) in [6.45, 7) is 10.3. The summed E-state index contributed by atoms with van der Waals surface area (Å²) >= 11 is 4.92. The molecule has 8 nitrogen and oxygen atoms in total. The van der Waals surface area contributed by atoms with Crippen LogP contribution >= 0.6 is 27.7 Å². The van der Waals surface area contributed by atoms with Gasteiger partial charge in [-0.15, -0.1) is 0 Å². The van der Waals surface area contributed by atoms with Crippen LogP contribution in [0.25, 0.3) is 6.08 Å². The number of non-ortho nitro benzene ring substituents is 1. The number of ether oxygens (including phenoxy) is 2. The molecule has 0 radical (unpaired) electrons. The van der Waals surface area contributed by atoms with E-state index in [1.807, 2.05) is 52.8 Å². The van der Waals surface area contributed by atoms with Gasteiger partial charge >= 0.3 is 0 Å². The molecule has 1 aliphatic heterocycles. The van der Waals surface area contributed by atoms with Crippen molar-refractivity contribution in [3.63, 3.8) is 0 Å². The minimum atomic E-state index is -0.437. The second-order valence-electron chi connectivity index (χ2n) is 8.36. The summed E-state index contributed by atoms with van der Waals surface area (Å²) in [5.41, 5.74) is 1.44. The fraction of sp³-hybridized carbons (Fsp3) is 0.360. The highest BCUT2D eigenvalue weighted by atomic mass is 79.9. The van der Waals surface area contributed by atoms with E-state index in [0.29, 0.717) is 38.2 Å². The molecule has 0 spiro atoms. The third-order valence-corrected chi connectivity index (χ3v) is 6.44. The summed E-state index contributed by atoms with van der Waals surface area (Å²) in [4.78, 5) is 30.6. The number of hydrogen-bond acceptors (Lipinski definition) is 7. The molecule has 0 unspecified atom stereocenters. The number of carbonyl (C=O) groups excluding carboxylic acids is 1. The van der Waals surface area contributed by atoms with Crippen LogP contribution < -0.4 is 9.47 Å². The minimum absolute atomic E-state index is 0.00583. The third-order valence-electron chi connectivity index (χ3n) is 4.86. The van der Waals surface area contributed by atoms with Crippen LogP contribution in [0.2, 0.25) is 0 Å². The predicted molar refractivity (Wildman–Crippen MR) is 143 cm³/mol. The molecular weight excluding hydrogens is 534 g/mol. The lowest BCUT2D eigenvalue weighted by Gasteiger charge is -2.20. The van der Waals surface area contributed by atoms with Crippen molar-refractivity contribution in [1.82, 2.24) is 4.90 Å². The Bertz CT molecular complexity index is 1180. The van der Waals surface area contributed by atoms with Gasteiger partial charge in [0.15, 0.2) is 16.7 Å². The molecule has 186 valence electrons. The van der Waals surface area contributed by atoms with Crippen molar-refractivity contribution in [3.8, 4) is 11.5 Å². The molecule has 1 saturated heterocycles. The first-order valence-electron chi connectivity index (χ1n) is 11.2. The molecule has 2 aromatic carbocycles. The molecule has 1 amide bonds. The molecule has 1 aliphatic rings. The van der Waals surface area contributed by atoms with Crippen LogP contribution in [-0.2, 0) is 11.4 Å². The summed E-state index contributed by atoms with van der Waals surface area (Å²) in [6.07, 6.45) is 1.82. The lowest BCUT2D eigenvalue weighted by atomic mass is 10.1. The first-order valence-corrected chi connectivity index (χ1v) is 12.8. The maximum Gasteiger partial charge on any atom is 0.269 e. The van der Waals surface area contributed by atoms with Gasteiger partial charge in [-0.05, 0) is 91.6 Å². The summed E-state index contributed by atoms with van der Waals surface area (Å²) in [5.74, 6) is 0.910. The van der Waals surface area contributed by atoms with Crippen LogP contribution in [0.5, 0.6) is 11.5 Å². The molecule has 0 aliphatic carbocycles. The quantitative estimate of drug-likeness (QED) is 0.199. The summed E-state index contributed by atoms with van der Waals surface area (Å²) in [5, 5.41) is 11.8. The number of hydrogen-bond donors (Lipinski definition) is 0. The van der Waals surface area contributed by atoms with Crippen molar-refractivity contribution in [3.05, 3.63) is 67.0 Å². The fourth-order valence-corrected chi connectivity index (χ4v) is 5.20. The third kappa shape index (κ3) is 6.64. The lowest BCUT2D eigenvalue weighted by molar-refractivity contribution is -0.384. The Balaban J connectivity index is 1.90. The molecule has 2 aromatic rings. The van der Waals surface area contributed by atoms with Crippen LogP contribution in [0.1, 0.15) is 45.7 Å². The number of halogens is 1. The summed E-state index contributed by atoms with van der Waals surface area (Å²) < 4.78 is 12.4. The molecule has 0 atom stereocenters. The van der Waals surface area contributed by atoms with Crippen LogP contribution in [0.3, 0.4) is 0 Å². The SMILES string of the molecule is CCOc1cc(/C=C2/SC(=NC(C)C)N(C(C)C)C2=O)cc(Br)c1OCc1cccc([N+](=O)[O-])c1. The number of thioether (sulfide) groups is 1. The van der Waals surface area contributed by atoms with E-state index in [4.69, 9.17) is 9.47 Å². The van der Waals surface area contributed by atoms with E-state index >= 15 is 0 Å². The van der Waals surface area contributed by atoms with Crippen LogP contribution in [0, 0.1) is 10.1 Å². The summed E-state index contributed by atoms with van der Waals surface area (Å²) in [7, 11) is 0. The van der Waals surface area contributed by atoms with Crippen molar-refractivity contribution in [1.29, 1.82) is 0 Å². The largest absolute Gasteiger partial charge is 0.490 e. The Hall–Kier alpha value is -2.85. The Morgan fingerprint density at radius 1 is 1.20 bits per heavy atom. The second kappa shape index (κ2) is 11.7. The van der Waals surface area contributed by atoms with Crippen molar-refractivity contribution in [2.45, 2.75) is 53.3 Å². The molecule has 0 aromatic heterocycles. The zero-order valence-corrected chi connectivity index (χ0v) is 22.7. The van der Waals surface area contributed by atoms with Gasteiger partial charge in [0.25, 0.3) is 11.6 Å². The van der Waals surface area contributed by atoms with Gasteiger partial charge in [0.05, 0.1) is 20.9 Å². The topological polar surface area (TPSA) is 94.3 Å². The molecular formula is C25H28BrN3O5S. The zero-order valence-electron chi connectivity index (χ0n) is 20.3. The number of nitro benzene ring substituents is 1. The number of benzene rings is 2. The first kappa shape index (κ1) is 26.7. The van der Waals surface area contributed by atoms with E-state index in [9.17, 15) is 14.9 Å². The van der Waals surface area contributed by atoms with Crippen LogP contribution in [0.4, 0.5) is 5.69 Å². The van der Waals surface area contributed by atoms with Gasteiger partial charge in [0.1, 0.15) is 6.61 Å². The van der Waals surface area contributed by atoms with Gasteiger partial charge in [-0.25, -0.2) is 0 Å². The molecule has 10 heteroatoms. The summed E-state index contributed by atoms with van der Waals surface area (Å²) in [6, 6.07) is 10.0. The number of carbonyl (C=O) groups is 1. The lowest BCUT2D eigenvalue weighted by Crippen LogP contribution is -2.35. The molecule has 3 rings (SSSR count). The van der Waals surface area contributed by atoms with Gasteiger partial charge in [0, 0.05) is 24.2 Å². The van der Waals surface area contributed by atoms with Crippen molar-refractivity contribution in [2.24, 2.45) is 4.99 Å². The smallest absolute Gasteiger partial charge is 0.269 e. The molecule has 0 saturated carbocycles. The van der Waals surface area contributed by atoms with Gasteiger partial charge in [-0.2, -0.15) is 0 Å². The second-order valence-corrected chi connectivity index (χ2v) is 10.2. The van der Waals surface area contributed by atoms with Gasteiger partial charge in [-0.3, -0.25) is 24.8 Å². The maximum atomic E-state index is 13.1. The monoisotopic (exact) mass is 561 g/mol. The van der Waals surface area contributed by atoms with E-state index in [-0.39, 0.29) is 30.3 Å². The number of nitro groups is 1.